The van der Waals surface area contributed by atoms with Crippen molar-refractivity contribution in [1.29, 1.82) is 0 Å². The highest BCUT2D eigenvalue weighted by atomic mass is 32.1. The smallest absolute Gasteiger partial charge is 0.338 e. The average molecular weight is 357 g/mol. The third kappa shape index (κ3) is 2.72. The quantitative estimate of drug-likeness (QED) is 0.739. The zero-order chi connectivity index (χ0) is 18.3. The van der Waals surface area contributed by atoms with Gasteiger partial charge < -0.3 is 14.6 Å². The molecule has 0 aliphatic carbocycles. The second-order valence-corrected chi connectivity index (χ2v) is 6.99. The summed E-state index contributed by atoms with van der Waals surface area (Å²) in [6.45, 7) is 5.76. The van der Waals surface area contributed by atoms with Crippen LogP contribution in [0.2, 0.25) is 0 Å². The molecule has 0 spiro atoms. The van der Waals surface area contributed by atoms with Crippen LogP contribution in [0.4, 0.5) is 0 Å². The fourth-order valence-electron chi connectivity index (χ4n) is 3.04. The maximum atomic E-state index is 12.0. The molecule has 0 fully saturated rings. The van der Waals surface area contributed by atoms with Crippen molar-refractivity contribution in [1.82, 2.24) is 4.98 Å². The Balaban J connectivity index is 2.45. The van der Waals surface area contributed by atoms with Gasteiger partial charge in [0, 0.05) is 15.8 Å². The Labute approximate surface area is 149 Å². The van der Waals surface area contributed by atoms with Gasteiger partial charge in [-0.15, -0.1) is 11.3 Å². The fourth-order valence-corrected chi connectivity index (χ4v) is 4.12. The number of carbonyl (C=O) groups is 1. The number of methoxy groups -OCH3 is 2. The highest BCUT2D eigenvalue weighted by molar-refractivity contribution is 7.18. The first-order valence-corrected chi connectivity index (χ1v) is 8.56. The third-order valence-electron chi connectivity index (χ3n) is 4.38. The van der Waals surface area contributed by atoms with Gasteiger partial charge in [0.1, 0.15) is 4.83 Å². The molecule has 0 saturated heterocycles. The average Bonchev–Trinajstić information content (AvgIpc) is 2.86. The molecule has 2 heterocycles. The van der Waals surface area contributed by atoms with Crippen LogP contribution in [0.1, 0.15) is 26.5 Å². The maximum absolute atomic E-state index is 12.0. The van der Waals surface area contributed by atoms with Gasteiger partial charge in [0.15, 0.2) is 11.5 Å². The van der Waals surface area contributed by atoms with E-state index >= 15 is 0 Å². The monoisotopic (exact) mass is 357 g/mol. The van der Waals surface area contributed by atoms with Crippen molar-refractivity contribution < 1.29 is 19.4 Å². The molecule has 0 atom stereocenters. The van der Waals surface area contributed by atoms with E-state index in [1.54, 1.807) is 38.5 Å². The SMILES string of the molecule is COc1ccc(-c2c(C(=O)O)c(C)nc3sc(C)c(C)c23)cc1OC. The van der Waals surface area contributed by atoms with Gasteiger partial charge in [-0.05, 0) is 44.0 Å². The molecule has 0 radical (unpaired) electrons. The number of carboxylic acids is 1. The van der Waals surface area contributed by atoms with Crippen LogP contribution in [-0.4, -0.2) is 30.3 Å². The van der Waals surface area contributed by atoms with Gasteiger partial charge in [0.25, 0.3) is 0 Å². The Bertz CT molecular complexity index is 991. The van der Waals surface area contributed by atoms with Crippen LogP contribution in [0.3, 0.4) is 0 Å². The molecular weight excluding hydrogens is 338 g/mol. The number of carboxylic acid groups (broad SMARTS) is 1. The molecule has 25 heavy (non-hydrogen) atoms. The Hall–Kier alpha value is -2.60. The van der Waals surface area contributed by atoms with Crippen LogP contribution >= 0.6 is 11.3 Å². The molecule has 0 unspecified atom stereocenters. The maximum Gasteiger partial charge on any atom is 0.338 e. The molecular formula is C19H19NO4S. The summed E-state index contributed by atoms with van der Waals surface area (Å²) in [5, 5.41) is 10.7. The summed E-state index contributed by atoms with van der Waals surface area (Å²) < 4.78 is 10.7. The number of hydrogen-bond acceptors (Lipinski definition) is 5. The summed E-state index contributed by atoms with van der Waals surface area (Å²) in [7, 11) is 3.13. The summed E-state index contributed by atoms with van der Waals surface area (Å²) in [4.78, 5) is 18.5. The van der Waals surface area contributed by atoms with E-state index in [1.165, 1.54) is 0 Å². The highest BCUT2D eigenvalue weighted by Crippen LogP contribution is 2.42. The molecule has 0 amide bonds. The predicted molar refractivity (Wildman–Crippen MR) is 99.3 cm³/mol. The van der Waals surface area contributed by atoms with E-state index in [0.717, 1.165) is 26.2 Å². The summed E-state index contributed by atoms with van der Waals surface area (Å²) in [6, 6.07) is 5.45. The molecule has 5 nitrogen and oxygen atoms in total. The van der Waals surface area contributed by atoms with Crippen molar-refractivity contribution in [3.8, 4) is 22.6 Å². The second kappa shape index (κ2) is 6.37. The van der Waals surface area contributed by atoms with E-state index in [9.17, 15) is 9.90 Å². The van der Waals surface area contributed by atoms with Gasteiger partial charge in [0.2, 0.25) is 0 Å². The second-order valence-electron chi connectivity index (χ2n) is 5.79. The largest absolute Gasteiger partial charge is 0.493 e. The van der Waals surface area contributed by atoms with E-state index < -0.39 is 5.97 Å². The number of aromatic nitrogens is 1. The molecule has 0 aliphatic rings. The molecule has 6 heteroatoms. The standard InChI is InChI=1S/C19H19NO4S/c1-9-11(3)25-18-15(9)17(16(19(21)22)10(2)20-18)12-6-7-13(23-4)14(8-12)24-5/h6-8H,1-5H3,(H,21,22). The molecule has 1 N–H and O–H groups in total. The lowest BCUT2D eigenvalue weighted by Gasteiger charge is -2.14. The number of fused-ring (bicyclic) bond motifs is 1. The minimum absolute atomic E-state index is 0.223. The van der Waals surface area contributed by atoms with Gasteiger partial charge >= 0.3 is 5.97 Å². The topological polar surface area (TPSA) is 68.7 Å². The molecule has 0 aliphatic heterocycles. The van der Waals surface area contributed by atoms with Gasteiger partial charge in [-0.25, -0.2) is 9.78 Å². The Morgan fingerprint density at radius 2 is 1.80 bits per heavy atom. The first-order chi connectivity index (χ1) is 11.9. The van der Waals surface area contributed by atoms with Gasteiger partial charge in [-0.2, -0.15) is 0 Å². The number of hydrogen-bond donors (Lipinski definition) is 1. The van der Waals surface area contributed by atoms with E-state index in [4.69, 9.17) is 9.47 Å². The Morgan fingerprint density at radius 3 is 2.40 bits per heavy atom. The molecule has 0 bridgehead atoms. The van der Waals surface area contributed by atoms with E-state index in [2.05, 4.69) is 4.98 Å². The van der Waals surface area contributed by atoms with Crippen LogP contribution in [0, 0.1) is 20.8 Å². The van der Waals surface area contributed by atoms with E-state index in [1.807, 2.05) is 26.0 Å². The Kier molecular flexibility index (Phi) is 4.39. The number of ether oxygens (including phenoxy) is 2. The lowest BCUT2D eigenvalue weighted by molar-refractivity contribution is 0.0696. The van der Waals surface area contributed by atoms with Crippen molar-refractivity contribution in [3.05, 3.63) is 39.9 Å². The van der Waals surface area contributed by atoms with Gasteiger partial charge in [-0.1, -0.05) is 6.07 Å². The van der Waals surface area contributed by atoms with Crippen molar-refractivity contribution in [3.63, 3.8) is 0 Å². The molecule has 3 aromatic rings. The number of pyridine rings is 1. The minimum atomic E-state index is -0.986. The van der Waals surface area contributed by atoms with Crippen LogP contribution < -0.4 is 9.47 Å². The lowest BCUT2D eigenvalue weighted by Crippen LogP contribution is -2.06. The third-order valence-corrected chi connectivity index (χ3v) is 5.48. The fraction of sp³-hybridized carbons (Fsp3) is 0.263. The van der Waals surface area contributed by atoms with Crippen molar-refractivity contribution in [2.75, 3.05) is 14.2 Å². The van der Waals surface area contributed by atoms with Crippen molar-refractivity contribution in [2.24, 2.45) is 0 Å². The summed E-state index contributed by atoms with van der Waals surface area (Å²) in [5.41, 5.74) is 3.23. The lowest BCUT2D eigenvalue weighted by atomic mass is 9.94. The van der Waals surface area contributed by atoms with Crippen LogP contribution in [-0.2, 0) is 0 Å². The summed E-state index contributed by atoms with van der Waals surface area (Å²) in [5.74, 6) is 0.173. The number of benzene rings is 1. The van der Waals surface area contributed by atoms with Crippen LogP contribution in [0.25, 0.3) is 21.3 Å². The summed E-state index contributed by atoms with van der Waals surface area (Å²) >= 11 is 1.58. The number of aryl methyl sites for hydroxylation is 3. The van der Waals surface area contributed by atoms with Crippen molar-refractivity contribution in [2.45, 2.75) is 20.8 Å². The molecule has 3 rings (SSSR count). The molecule has 130 valence electrons. The highest BCUT2D eigenvalue weighted by Gasteiger charge is 2.23. The molecule has 1 aromatic carbocycles. The predicted octanol–water partition coefficient (Wildman–Crippen LogP) is 4.60. The summed E-state index contributed by atoms with van der Waals surface area (Å²) in [6.07, 6.45) is 0. The van der Waals surface area contributed by atoms with E-state index in [0.29, 0.717) is 22.8 Å². The zero-order valence-electron chi connectivity index (χ0n) is 14.8. The number of nitrogens with zero attached hydrogens (tertiary/aromatic N) is 1. The van der Waals surface area contributed by atoms with Crippen molar-refractivity contribution >= 4 is 27.5 Å². The van der Waals surface area contributed by atoms with E-state index in [-0.39, 0.29) is 5.56 Å². The Morgan fingerprint density at radius 1 is 1.12 bits per heavy atom. The molecule has 0 saturated carbocycles. The minimum Gasteiger partial charge on any atom is -0.493 e. The number of rotatable bonds is 4. The normalized spacial score (nSPS) is 10.9. The van der Waals surface area contributed by atoms with Crippen LogP contribution in [0.15, 0.2) is 18.2 Å². The number of aromatic carboxylic acids is 1. The van der Waals surface area contributed by atoms with Crippen LogP contribution in [0.5, 0.6) is 11.5 Å². The molecule has 2 aromatic heterocycles. The number of thiophene rings is 1. The first-order valence-electron chi connectivity index (χ1n) is 7.75. The van der Waals surface area contributed by atoms with Gasteiger partial charge in [0.05, 0.1) is 25.5 Å². The van der Waals surface area contributed by atoms with Gasteiger partial charge in [-0.3, -0.25) is 0 Å². The zero-order valence-corrected chi connectivity index (χ0v) is 15.6. The first kappa shape index (κ1) is 17.2.